The lowest BCUT2D eigenvalue weighted by molar-refractivity contribution is 0.324. The van der Waals surface area contributed by atoms with Crippen LogP contribution in [0.3, 0.4) is 0 Å². The molecule has 0 saturated heterocycles. The first-order valence-corrected chi connectivity index (χ1v) is 9.62. The summed E-state index contributed by atoms with van der Waals surface area (Å²) in [6, 6.07) is 3.65. The maximum absolute atomic E-state index is 5.41. The number of aromatic nitrogens is 4. The fourth-order valence-corrected chi connectivity index (χ4v) is 3.42. The highest BCUT2D eigenvalue weighted by molar-refractivity contribution is 7.09. The van der Waals surface area contributed by atoms with Crippen LogP contribution in [-0.2, 0) is 6.54 Å². The van der Waals surface area contributed by atoms with E-state index in [4.69, 9.17) is 14.2 Å². The van der Waals surface area contributed by atoms with Gasteiger partial charge in [0.2, 0.25) is 11.7 Å². The van der Waals surface area contributed by atoms with Gasteiger partial charge in [-0.15, -0.1) is 16.4 Å². The molecule has 2 heterocycles. The Hall–Kier alpha value is -2.94. The predicted molar refractivity (Wildman–Crippen MR) is 108 cm³/mol. The van der Waals surface area contributed by atoms with Crippen LogP contribution >= 0.6 is 11.3 Å². The van der Waals surface area contributed by atoms with E-state index in [0.29, 0.717) is 41.4 Å². The third-order valence-electron chi connectivity index (χ3n) is 4.01. The summed E-state index contributed by atoms with van der Waals surface area (Å²) >= 11 is 1.66. The molecular formula is C19H23N5O3S. The number of nitrogens with one attached hydrogen (secondary N) is 1. The fraction of sp³-hybridized carbons (Fsp3) is 0.368. The van der Waals surface area contributed by atoms with E-state index in [1.807, 2.05) is 17.5 Å². The number of hydrogen-bond donors (Lipinski definition) is 1. The average molecular weight is 401 g/mol. The van der Waals surface area contributed by atoms with Gasteiger partial charge < -0.3 is 19.5 Å². The first-order valence-electron chi connectivity index (χ1n) is 8.74. The molecule has 8 nitrogen and oxygen atoms in total. The summed E-state index contributed by atoms with van der Waals surface area (Å²) in [5, 5.41) is 14.4. The Labute approximate surface area is 167 Å². The number of anilines is 1. The van der Waals surface area contributed by atoms with E-state index in [1.165, 1.54) is 0 Å². The van der Waals surface area contributed by atoms with Gasteiger partial charge in [0.1, 0.15) is 0 Å². The molecule has 1 aromatic carbocycles. The second kappa shape index (κ2) is 8.83. The topological polar surface area (TPSA) is 91.3 Å². The lowest BCUT2D eigenvalue weighted by Crippen LogP contribution is -2.06. The van der Waals surface area contributed by atoms with Crippen LogP contribution < -0.4 is 19.5 Å². The van der Waals surface area contributed by atoms with E-state index in [-0.39, 0.29) is 0 Å². The van der Waals surface area contributed by atoms with Crippen LogP contribution in [0.25, 0.3) is 11.3 Å². The molecule has 0 bridgehead atoms. The van der Waals surface area contributed by atoms with E-state index in [0.717, 1.165) is 16.3 Å². The third-order valence-corrected chi connectivity index (χ3v) is 5.20. The van der Waals surface area contributed by atoms with Gasteiger partial charge in [0, 0.05) is 16.9 Å². The van der Waals surface area contributed by atoms with Gasteiger partial charge >= 0.3 is 0 Å². The minimum Gasteiger partial charge on any atom is -0.493 e. The van der Waals surface area contributed by atoms with Gasteiger partial charge in [0.05, 0.1) is 50.5 Å². The first-order chi connectivity index (χ1) is 13.5. The summed E-state index contributed by atoms with van der Waals surface area (Å²) in [7, 11) is 4.72. The minimum atomic E-state index is 0.417. The van der Waals surface area contributed by atoms with Gasteiger partial charge in [-0.05, 0) is 12.1 Å². The Morgan fingerprint density at radius 2 is 1.75 bits per heavy atom. The van der Waals surface area contributed by atoms with Crippen molar-refractivity contribution in [1.29, 1.82) is 0 Å². The number of ether oxygens (including phenoxy) is 3. The summed E-state index contributed by atoms with van der Waals surface area (Å²) < 4.78 is 16.2. The zero-order chi connectivity index (χ0) is 20.1. The van der Waals surface area contributed by atoms with Gasteiger partial charge in [-0.2, -0.15) is 5.10 Å². The van der Waals surface area contributed by atoms with Gasteiger partial charge in [-0.25, -0.2) is 9.97 Å². The number of thiazole rings is 1. The zero-order valence-corrected chi connectivity index (χ0v) is 17.3. The smallest absolute Gasteiger partial charge is 0.243 e. The number of benzene rings is 1. The van der Waals surface area contributed by atoms with Crippen LogP contribution in [0.4, 0.5) is 5.95 Å². The molecule has 28 heavy (non-hydrogen) atoms. The number of hydrogen-bond acceptors (Lipinski definition) is 9. The molecule has 1 N–H and O–H groups in total. The van der Waals surface area contributed by atoms with Crippen molar-refractivity contribution in [3.8, 4) is 28.5 Å². The first kappa shape index (κ1) is 19.8. The van der Waals surface area contributed by atoms with Crippen molar-refractivity contribution in [1.82, 2.24) is 20.2 Å². The fourth-order valence-electron chi connectivity index (χ4n) is 2.59. The summed E-state index contributed by atoms with van der Waals surface area (Å²) in [6.07, 6.45) is 1.59. The monoisotopic (exact) mass is 401 g/mol. The Morgan fingerprint density at radius 3 is 2.32 bits per heavy atom. The van der Waals surface area contributed by atoms with E-state index in [2.05, 4.69) is 39.3 Å². The van der Waals surface area contributed by atoms with Crippen LogP contribution in [0, 0.1) is 0 Å². The maximum atomic E-state index is 5.41. The third kappa shape index (κ3) is 4.30. The van der Waals surface area contributed by atoms with Crippen molar-refractivity contribution in [3.05, 3.63) is 34.4 Å². The summed E-state index contributed by atoms with van der Waals surface area (Å²) in [6.45, 7) is 4.79. The Bertz CT molecular complexity index is 920. The highest BCUT2D eigenvalue weighted by Crippen LogP contribution is 2.40. The molecule has 148 valence electrons. The van der Waals surface area contributed by atoms with E-state index >= 15 is 0 Å². The largest absolute Gasteiger partial charge is 0.493 e. The second-order valence-electron chi connectivity index (χ2n) is 6.26. The molecule has 0 atom stereocenters. The maximum Gasteiger partial charge on any atom is 0.243 e. The number of nitrogens with zero attached hydrogens (tertiary/aromatic N) is 4. The molecule has 0 aliphatic heterocycles. The number of methoxy groups -OCH3 is 3. The average Bonchev–Trinajstić information content (AvgIpc) is 3.20. The van der Waals surface area contributed by atoms with Crippen molar-refractivity contribution < 1.29 is 14.2 Å². The molecule has 9 heteroatoms. The number of rotatable bonds is 8. The summed E-state index contributed by atoms with van der Waals surface area (Å²) in [5.74, 6) is 2.46. The molecule has 2 aromatic heterocycles. The van der Waals surface area contributed by atoms with Crippen molar-refractivity contribution in [2.24, 2.45) is 0 Å². The Morgan fingerprint density at radius 1 is 1.04 bits per heavy atom. The summed E-state index contributed by atoms with van der Waals surface area (Å²) in [5.41, 5.74) is 2.37. The molecule has 0 spiro atoms. The minimum absolute atomic E-state index is 0.417. The van der Waals surface area contributed by atoms with Gasteiger partial charge in [-0.3, -0.25) is 0 Å². The SMILES string of the molecule is COc1cc(-c2cnnc(NCc3csc(C(C)C)n3)n2)cc(OC)c1OC. The lowest BCUT2D eigenvalue weighted by Gasteiger charge is -2.14. The van der Waals surface area contributed by atoms with E-state index in [1.54, 1.807) is 38.9 Å². The van der Waals surface area contributed by atoms with Crippen LogP contribution in [0.5, 0.6) is 17.2 Å². The lowest BCUT2D eigenvalue weighted by atomic mass is 10.1. The highest BCUT2D eigenvalue weighted by atomic mass is 32.1. The standard InChI is InChI=1S/C19H23N5O3S/c1-11(2)18-22-13(10-28-18)8-20-19-23-14(9-21-24-19)12-6-15(25-3)17(27-5)16(7-12)26-4/h6-7,9-11H,8H2,1-5H3,(H,20,23,24). The molecule has 0 unspecified atom stereocenters. The predicted octanol–water partition coefficient (Wildman–Crippen LogP) is 3.76. The molecule has 0 radical (unpaired) electrons. The van der Waals surface area contributed by atoms with E-state index < -0.39 is 0 Å². The van der Waals surface area contributed by atoms with Crippen LogP contribution in [0.15, 0.2) is 23.7 Å². The van der Waals surface area contributed by atoms with Crippen molar-refractivity contribution in [3.63, 3.8) is 0 Å². The molecule has 3 rings (SSSR count). The van der Waals surface area contributed by atoms with Gasteiger partial charge in [0.25, 0.3) is 0 Å². The zero-order valence-electron chi connectivity index (χ0n) is 16.5. The molecule has 0 aliphatic rings. The molecule has 3 aromatic rings. The molecule has 0 aliphatic carbocycles. The van der Waals surface area contributed by atoms with Crippen molar-refractivity contribution in [2.75, 3.05) is 26.6 Å². The van der Waals surface area contributed by atoms with Crippen LogP contribution in [-0.4, -0.2) is 41.5 Å². The summed E-state index contributed by atoms with van der Waals surface area (Å²) in [4.78, 5) is 9.15. The van der Waals surface area contributed by atoms with E-state index in [9.17, 15) is 0 Å². The van der Waals surface area contributed by atoms with Crippen LogP contribution in [0.1, 0.15) is 30.5 Å². The second-order valence-corrected chi connectivity index (χ2v) is 7.15. The molecule has 0 saturated carbocycles. The highest BCUT2D eigenvalue weighted by Gasteiger charge is 2.15. The quantitative estimate of drug-likeness (QED) is 0.610. The Kier molecular flexibility index (Phi) is 6.25. The Balaban J connectivity index is 1.82. The molecule has 0 fully saturated rings. The van der Waals surface area contributed by atoms with Gasteiger partial charge in [0.15, 0.2) is 11.5 Å². The van der Waals surface area contributed by atoms with Crippen molar-refractivity contribution in [2.45, 2.75) is 26.3 Å². The normalized spacial score (nSPS) is 10.8. The van der Waals surface area contributed by atoms with Crippen molar-refractivity contribution >= 4 is 17.3 Å². The molecular weight excluding hydrogens is 378 g/mol. The van der Waals surface area contributed by atoms with Gasteiger partial charge in [-0.1, -0.05) is 13.8 Å². The molecule has 0 amide bonds. The van der Waals surface area contributed by atoms with Crippen LogP contribution in [0.2, 0.25) is 0 Å².